The van der Waals surface area contributed by atoms with Crippen LogP contribution in [0.4, 0.5) is 0 Å². The van der Waals surface area contributed by atoms with E-state index in [1.165, 1.54) is 0 Å². The van der Waals surface area contributed by atoms with Crippen LogP contribution in [0, 0.1) is 6.92 Å². The van der Waals surface area contributed by atoms with Gasteiger partial charge in [0.05, 0.1) is 17.2 Å². The minimum Gasteiger partial charge on any atom is -0.484 e. The molecule has 0 radical (unpaired) electrons. The number of para-hydroxylation sites is 1. The van der Waals surface area contributed by atoms with E-state index in [1.54, 1.807) is 6.20 Å². The first-order valence-corrected chi connectivity index (χ1v) is 8.86. The number of fused-ring (bicyclic) bond motifs is 1. The third-order valence-corrected chi connectivity index (χ3v) is 5.07. The number of benzene rings is 1. The zero-order valence-corrected chi connectivity index (χ0v) is 15.1. The van der Waals surface area contributed by atoms with Gasteiger partial charge in [-0.25, -0.2) is 4.98 Å². The first-order chi connectivity index (χ1) is 12.6. The molecule has 3 aromatic rings. The smallest absolute Gasteiger partial charge is 0.260 e. The van der Waals surface area contributed by atoms with Crippen LogP contribution in [0.3, 0.4) is 0 Å². The van der Waals surface area contributed by atoms with Crippen LogP contribution in [-0.2, 0) is 11.8 Å². The van der Waals surface area contributed by atoms with E-state index >= 15 is 0 Å². The second-order valence-electron chi connectivity index (χ2n) is 6.77. The molecule has 1 saturated heterocycles. The van der Waals surface area contributed by atoms with Crippen molar-refractivity contribution in [3.63, 3.8) is 0 Å². The second-order valence-corrected chi connectivity index (χ2v) is 6.77. The molecule has 26 heavy (non-hydrogen) atoms. The molecule has 2 aromatic heterocycles. The molecule has 4 rings (SSSR count). The summed E-state index contributed by atoms with van der Waals surface area (Å²) in [5.74, 6) is 2.05. The summed E-state index contributed by atoms with van der Waals surface area (Å²) in [4.78, 5) is 23.3. The molecule has 0 unspecified atom stereocenters. The first kappa shape index (κ1) is 16.6. The third-order valence-electron chi connectivity index (χ3n) is 5.07. The van der Waals surface area contributed by atoms with Gasteiger partial charge in [-0.15, -0.1) is 0 Å². The topological polar surface area (TPSA) is 60.2 Å². The monoisotopic (exact) mass is 350 g/mol. The highest BCUT2D eigenvalue weighted by atomic mass is 16.5. The molecule has 0 bridgehead atoms. The molecule has 0 spiro atoms. The fourth-order valence-electron chi connectivity index (χ4n) is 3.57. The van der Waals surface area contributed by atoms with E-state index in [9.17, 15) is 4.79 Å². The Labute approximate surface area is 152 Å². The van der Waals surface area contributed by atoms with Gasteiger partial charge in [0.25, 0.3) is 5.91 Å². The van der Waals surface area contributed by atoms with Crippen molar-refractivity contribution in [1.82, 2.24) is 19.4 Å². The summed E-state index contributed by atoms with van der Waals surface area (Å²) in [6, 6.07) is 9.67. The summed E-state index contributed by atoms with van der Waals surface area (Å²) in [6.45, 7) is 3.47. The van der Waals surface area contributed by atoms with E-state index in [4.69, 9.17) is 9.72 Å². The van der Waals surface area contributed by atoms with Crippen LogP contribution in [0.5, 0.6) is 5.75 Å². The number of pyridine rings is 1. The number of hydrogen-bond donors (Lipinski definition) is 0. The van der Waals surface area contributed by atoms with Crippen LogP contribution in [0.25, 0.3) is 11.0 Å². The van der Waals surface area contributed by atoms with Gasteiger partial charge in [-0.05, 0) is 31.0 Å². The molecule has 1 atom stereocenters. The second kappa shape index (κ2) is 6.78. The minimum absolute atomic E-state index is 0.0242. The molecule has 6 nitrogen and oxygen atoms in total. The Morgan fingerprint density at radius 3 is 2.96 bits per heavy atom. The highest BCUT2D eigenvalue weighted by Gasteiger charge is 2.30. The van der Waals surface area contributed by atoms with Crippen molar-refractivity contribution < 1.29 is 9.53 Å². The number of hydrogen-bond acceptors (Lipinski definition) is 4. The molecular formula is C20H22N4O2. The van der Waals surface area contributed by atoms with Crippen LogP contribution >= 0.6 is 0 Å². The number of carbonyl (C=O) groups excluding carboxylic acids is 1. The average Bonchev–Trinajstić information content (AvgIpc) is 3.26. The summed E-state index contributed by atoms with van der Waals surface area (Å²) in [5, 5.41) is 0. The van der Waals surface area contributed by atoms with Crippen LogP contribution in [0.15, 0.2) is 42.7 Å². The summed E-state index contributed by atoms with van der Waals surface area (Å²) < 4.78 is 7.79. The van der Waals surface area contributed by atoms with Gasteiger partial charge in [-0.3, -0.25) is 9.78 Å². The average molecular weight is 350 g/mol. The number of aromatic nitrogens is 3. The van der Waals surface area contributed by atoms with Crippen LogP contribution in [0.1, 0.15) is 23.7 Å². The Morgan fingerprint density at radius 2 is 2.15 bits per heavy atom. The van der Waals surface area contributed by atoms with Crippen molar-refractivity contribution in [2.75, 3.05) is 19.7 Å². The number of nitrogens with zero attached hydrogens (tertiary/aromatic N) is 4. The molecule has 1 aromatic carbocycles. The Kier molecular flexibility index (Phi) is 4.32. The van der Waals surface area contributed by atoms with Gasteiger partial charge in [0.15, 0.2) is 6.61 Å². The van der Waals surface area contributed by atoms with E-state index in [0.717, 1.165) is 41.1 Å². The van der Waals surface area contributed by atoms with Crippen molar-refractivity contribution in [2.45, 2.75) is 19.3 Å². The van der Waals surface area contributed by atoms with E-state index < -0.39 is 0 Å². The normalized spacial score (nSPS) is 17.0. The number of ether oxygens (including phenoxy) is 1. The zero-order valence-electron chi connectivity index (χ0n) is 15.1. The maximum absolute atomic E-state index is 12.5. The number of carbonyl (C=O) groups is 1. The molecule has 1 aliphatic rings. The fraction of sp³-hybridized carbons (Fsp3) is 0.350. The van der Waals surface area contributed by atoms with Crippen molar-refractivity contribution >= 4 is 16.9 Å². The number of rotatable bonds is 4. The number of imidazole rings is 1. The summed E-state index contributed by atoms with van der Waals surface area (Å²) in [5.41, 5.74) is 3.01. The molecule has 0 aliphatic carbocycles. The van der Waals surface area contributed by atoms with Crippen LogP contribution in [0.2, 0.25) is 0 Å². The summed E-state index contributed by atoms with van der Waals surface area (Å²) in [7, 11) is 2.01. The third kappa shape index (κ3) is 3.03. The molecule has 3 heterocycles. The molecule has 0 N–H and O–H groups in total. The summed E-state index contributed by atoms with van der Waals surface area (Å²) in [6.07, 6.45) is 4.51. The molecule has 0 saturated carbocycles. The highest BCUT2D eigenvalue weighted by Crippen LogP contribution is 2.28. The number of likely N-dealkylation sites (tertiary alicyclic amines) is 1. The lowest BCUT2D eigenvalue weighted by Crippen LogP contribution is -2.33. The molecule has 1 amide bonds. The van der Waals surface area contributed by atoms with E-state index in [-0.39, 0.29) is 18.4 Å². The maximum atomic E-state index is 12.5. The molecule has 6 heteroatoms. The quantitative estimate of drug-likeness (QED) is 0.726. The van der Waals surface area contributed by atoms with Gasteiger partial charge in [0.2, 0.25) is 0 Å². The maximum Gasteiger partial charge on any atom is 0.260 e. The van der Waals surface area contributed by atoms with Gasteiger partial charge in [-0.2, -0.15) is 0 Å². The largest absolute Gasteiger partial charge is 0.484 e. The number of amides is 1. The van der Waals surface area contributed by atoms with E-state index in [1.807, 2.05) is 55.4 Å². The van der Waals surface area contributed by atoms with Gasteiger partial charge in [0, 0.05) is 32.3 Å². The van der Waals surface area contributed by atoms with Gasteiger partial charge >= 0.3 is 0 Å². The lowest BCUT2D eigenvalue weighted by Gasteiger charge is -2.17. The Hall–Kier alpha value is -2.89. The summed E-state index contributed by atoms with van der Waals surface area (Å²) >= 11 is 0. The van der Waals surface area contributed by atoms with Crippen molar-refractivity contribution in [2.24, 2.45) is 7.05 Å². The van der Waals surface area contributed by atoms with Gasteiger partial charge in [-0.1, -0.05) is 18.2 Å². The van der Waals surface area contributed by atoms with Crippen LogP contribution < -0.4 is 4.74 Å². The predicted octanol–water partition coefficient (Wildman–Crippen LogP) is 2.67. The highest BCUT2D eigenvalue weighted by molar-refractivity contribution is 5.78. The molecular weight excluding hydrogens is 328 g/mol. The molecule has 134 valence electrons. The Morgan fingerprint density at radius 1 is 1.31 bits per heavy atom. The minimum atomic E-state index is 0.0242. The Bertz CT molecular complexity index is 950. The van der Waals surface area contributed by atoms with Crippen molar-refractivity contribution in [3.05, 3.63) is 54.1 Å². The lowest BCUT2D eigenvalue weighted by molar-refractivity contribution is -0.132. The van der Waals surface area contributed by atoms with Gasteiger partial charge < -0.3 is 14.2 Å². The Balaban J connectivity index is 1.42. The fourth-order valence-corrected chi connectivity index (χ4v) is 3.57. The molecule has 1 aliphatic heterocycles. The van der Waals surface area contributed by atoms with Gasteiger partial charge in [0.1, 0.15) is 11.6 Å². The van der Waals surface area contributed by atoms with Crippen molar-refractivity contribution in [1.29, 1.82) is 0 Å². The van der Waals surface area contributed by atoms with E-state index in [2.05, 4.69) is 9.55 Å². The number of aryl methyl sites for hydroxylation is 2. The standard InChI is InChI=1S/C20H22N4O2/c1-14-5-3-4-6-18(14)26-13-19(25)24-10-8-15(12-24)20-22-16-7-9-21-11-17(16)23(20)2/h3-7,9,11,15H,8,10,12-13H2,1-2H3/t15-/m0/s1. The SMILES string of the molecule is Cc1ccccc1OCC(=O)N1CC[C@H](c2nc3ccncc3n2C)C1. The first-order valence-electron chi connectivity index (χ1n) is 8.86. The zero-order chi connectivity index (χ0) is 18.1. The van der Waals surface area contributed by atoms with Crippen molar-refractivity contribution in [3.8, 4) is 5.75 Å². The molecule has 1 fully saturated rings. The lowest BCUT2D eigenvalue weighted by atomic mass is 10.1. The predicted molar refractivity (Wildman–Crippen MR) is 99.1 cm³/mol. The van der Waals surface area contributed by atoms with E-state index in [0.29, 0.717) is 6.54 Å². The van der Waals surface area contributed by atoms with Crippen LogP contribution in [-0.4, -0.2) is 45.0 Å².